The van der Waals surface area contributed by atoms with E-state index >= 15 is 0 Å². The minimum absolute atomic E-state index is 0.167. The van der Waals surface area contributed by atoms with E-state index in [1.54, 1.807) is 37.3 Å². The summed E-state index contributed by atoms with van der Waals surface area (Å²) in [5.74, 6) is 0.800. The molecule has 112 valence electrons. The van der Waals surface area contributed by atoms with Gasteiger partial charge in [-0.1, -0.05) is 36.4 Å². The van der Waals surface area contributed by atoms with Gasteiger partial charge in [-0.05, 0) is 31.2 Å². The minimum atomic E-state index is -3.43. The molecule has 4 nitrogen and oxygen atoms in total. The average Bonchev–Trinajstić information content (AvgIpc) is 2.89. The number of sulfone groups is 1. The number of hydrogen-bond donors (Lipinski definition) is 0. The van der Waals surface area contributed by atoms with Crippen LogP contribution >= 0.6 is 0 Å². The lowest BCUT2D eigenvalue weighted by molar-refractivity contribution is 0.539. The molecule has 0 N–H and O–H groups in total. The summed E-state index contributed by atoms with van der Waals surface area (Å²) in [7, 11) is -3.43. The summed E-state index contributed by atoms with van der Waals surface area (Å²) in [6, 6.07) is 17.8. The zero-order valence-electron chi connectivity index (χ0n) is 12.1. The molecule has 2 aromatic carbocycles. The third-order valence-electron chi connectivity index (χ3n) is 3.34. The van der Waals surface area contributed by atoms with E-state index in [0.717, 1.165) is 5.56 Å². The predicted octanol–water partition coefficient (Wildman–Crippen LogP) is 3.62. The van der Waals surface area contributed by atoms with Crippen LogP contribution in [-0.2, 0) is 15.6 Å². The predicted molar refractivity (Wildman–Crippen MR) is 84.0 cm³/mol. The summed E-state index contributed by atoms with van der Waals surface area (Å²) in [6.07, 6.45) is 0. The Morgan fingerprint density at radius 3 is 2.18 bits per heavy atom. The van der Waals surface area contributed by atoms with Gasteiger partial charge in [0, 0.05) is 5.56 Å². The first kappa shape index (κ1) is 14.5. The van der Waals surface area contributed by atoms with E-state index in [4.69, 9.17) is 4.42 Å². The fraction of sp³-hybridized carbons (Fsp3) is 0.118. The molecule has 0 unspecified atom stereocenters. The van der Waals surface area contributed by atoms with Crippen molar-refractivity contribution in [3.63, 3.8) is 0 Å². The first-order valence-corrected chi connectivity index (χ1v) is 8.51. The molecule has 22 heavy (non-hydrogen) atoms. The van der Waals surface area contributed by atoms with E-state index in [2.05, 4.69) is 4.98 Å². The summed E-state index contributed by atoms with van der Waals surface area (Å²) < 4.78 is 30.4. The minimum Gasteiger partial charge on any atom is -0.441 e. The molecule has 0 saturated heterocycles. The Kier molecular flexibility index (Phi) is 3.81. The molecule has 0 saturated carbocycles. The highest BCUT2D eigenvalue weighted by atomic mass is 32.2. The standard InChI is InChI=1S/C17H15NO3S/c1-13-16(12-22(19,20)15-10-6-3-7-11-15)18-17(21-13)14-8-4-2-5-9-14/h2-11H,12H2,1H3. The lowest BCUT2D eigenvalue weighted by atomic mass is 10.2. The smallest absolute Gasteiger partial charge is 0.226 e. The van der Waals surface area contributed by atoms with Gasteiger partial charge in [-0.15, -0.1) is 0 Å². The molecule has 1 aromatic heterocycles. The Hall–Kier alpha value is -2.40. The van der Waals surface area contributed by atoms with Crippen LogP contribution in [0, 0.1) is 6.92 Å². The van der Waals surface area contributed by atoms with E-state index in [1.165, 1.54) is 0 Å². The molecular weight excluding hydrogens is 298 g/mol. The lowest BCUT2D eigenvalue weighted by Crippen LogP contribution is -2.06. The second kappa shape index (κ2) is 5.77. The van der Waals surface area contributed by atoms with Crippen molar-refractivity contribution < 1.29 is 12.8 Å². The highest BCUT2D eigenvalue weighted by molar-refractivity contribution is 7.90. The summed E-state index contributed by atoms with van der Waals surface area (Å²) in [4.78, 5) is 4.64. The molecule has 0 atom stereocenters. The number of benzene rings is 2. The van der Waals surface area contributed by atoms with Crippen LogP contribution in [0.25, 0.3) is 11.5 Å². The van der Waals surface area contributed by atoms with Crippen molar-refractivity contribution in [3.8, 4) is 11.5 Å². The van der Waals surface area contributed by atoms with Crippen molar-refractivity contribution >= 4 is 9.84 Å². The molecule has 0 amide bonds. The molecular formula is C17H15NO3S. The zero-order valence-corrected chi connectivity index (χ0v) is 12.9. The number of aromatic nitrogens is 1. The lowest BCUT2D eigenvalue weighted by Gasteiger charge is -2.02. The monoisotopic (exact) mass is 313 g/mol. The van der Waals surface area contributed by atoms with E-state index in [-0.39, 0.29) is 5.75 Å². The highest BCUT2D eigenvalue weighted by Crippen LogP contribution is 2.24. The van der Waals surface area contributed by atoms with E-state index in [9.17, 15) is 8.42 Å². The maximum Gasteiger partial charge on any atom is 0.226 e. The quantitative estimate of drug-likeness (QED) is 0.738. The Balaban J connectivity index is 1.92. The molecule has 0 spiro atoms. The van der Waals surface area contributed by atoms with E-state index < -0.39 is 9.84 Å². The van der Waals surface area contributed by atoms with E-state index in [0.29, 0.717) is 22.2 Å². The largest absolute Gasteiger partial charge is 0.441 e. The Labute approximate surface area is 129 Å². The normalized spacial score (nSPS) is 11.5. The van der Waals surface area contributed by atoms with Crippen LogP contribution in [0.2, 0.25) is 0 Å². The van der Waals surface area contributed by atoms with Crippen LogP contribution in [0.15, 0.2) is 70.0 Å². The Morgan fingerprint density at radius 2 is 1.55 bits per heavy atom. The number of aryl methyl sites for hydroxylation is 1. The van der Waals surface area contributed by atoms with Gasteiger partial charge in [0.2, 0.25) is 5.89 Å². The third kappa shape index (κ3) is 2.94. The summed E-state index contributed by atoms with van der Waals surface area (Å²) in [5.41, 5.74) is 1.27. The van der Waals surface area contributed by atoms with Crippen LogP contribution < -0.4 is 0 Å². The Morgan fingerprint density at radius 1 is 0.955 bits per heavy atom. The second-order valence-electron chi connectivity index (χ2n) is 4.96. The van der Waals surface area contributed by atoms with Crippen molar-refractivity contribution in [3.05, 3.63) is 72.1 Å². The first-order chi connectivity index (χ1) is 10.6. The van der Waals surface area contributed by atoms with Crippen molar-refractivity contribution in [1.82, 2.24) is 4.98 Å². The zero-order chi connectivity index (χ0) is 15.6. The number of hydrogen-bond acceptors (Lipinski definition) is 4. The SMILES string of the molecule is Cc1oc(-c2ccccc2)nc1CS(=O)(=O)c1ccccc1. The van der Waals surface area contributed by atoms with Crippen LogP contribution in [0.1, 0.15) is 11.5 Å². The maximum absolute atomic E-state index is 12.4. The molecule has 1 heterocycles. The summed E-state index contributed by atoms with van der Waals surface area (Å²) in [5, 5.41) is 0. The van der Waals surface area contributed by atoms with Crippen LogP contribution in [0.3, 0.4) is 0 Å². The van der Waals surface area contributed by atoms with Gasteiger partial charge in [0.1, 0.15) is 11.5 Å². The molecule has 0 bridgehead atoms. The van der Waals surface area contributed by atoms with Crippen LogP contribution in [0.4, 0.5) is 0 Å². The number of oxazole rings is 1. The van der Waals surface area contributed by atoms with Gasteiger partial charge in [0.25, 0.3) is 0 Å². The van der Waals surface area contributed by atoms with Gasteiger partial charge in [-0.25, -0.2) is 13.4 Å². The number of rotatable bonds is 4. The topological polar surface area (TPSA) is 60.2 Å². The second-order valence-corrected chi connectivity index (χ2v) is 6.95. The van der Waals surface area contributed by atoms with Crippen LogP contribution in [-0.4, -0.2) is 13.4 Å². The molecule has 0 aliphatic carbocycles. The first-order valence-electron chi connectivity index (χ1n) is 6.86. The number of nitrogens with zero attached hydrogens (tertiary/aromatic N) is 1. The molecule has 0 fully saturated rings. The molecule has 0 radical (unpaired) electrons. The van der Waals surface area contributed by atoms with Gasteiger partial charge >= 0.3 is 0 Å². The van der Waals surface area contributed by atoms with Gasteiger partial charge in [0.05, 0.1) is 10.6 Å². The van der Waals surface area contributed by atoms with Gasteiger partial charge in [0.15, 0.2) is 9.84 Å². The maximum atomic E-state index is 12.4. The summed E-state index contributed by atoms with van der Waals surface area (Å²) in [6.45, 7) is 1.73. The highest BCUT2D eigenvalue weighted by Gasteiger charge is 2.20. The fourth-order valence-electron chi connectivity index (χ4n) is 2.16. The van der Waals surface area contributed by atoms with Crippen molar-refractivity contribution in [2.24, 2.45) is 0 Å². The van der Waals surface area contributed by atoms with Crippen molar-refractivity contribution in [1.29, 1.82) is 0 Å². The van der Waals surface area contributed by atoms with Crippen LogP contribution in [0.5, 0.6) is 0 Å². The summed E-state index contributed by atoms with van der Waals surface area (Å²) >= 11 is 0. The molecule has 3 rings (SSSR count). The Bertz CT molecular complexity index is 869. The molecule has 5 heteroatoms. The molecule has 0 aliphatic heterocycles. The van der Waals surface area contributed by atoms with E-state index in [1.807, 2.05) is 30.3 Å². The fourth-order valence-corrected chi connectivity index (χ4v) is 3.52. The third-order valence-corrected chi connectivity index (χ3v) is 4.99. The molecule has 3 aromatic rings. The molecule has 0 aliphatic rings. The average molecular weight is 313 g/mol. The van der Waals surface area contributed by atoms with Gasteiger partial charge < -0.3 is 4.42 Å². The van der Waals surface area contributed by atoms with Gasteiger partial charge in [-0.2, -0.15) is 0 Å². The van der Waals surface area contributed by atoms with Crippen molar-refractivity contribution in [2.75, 3.05) is 0 Å². The van der Waals surface area contributed by atoms with Gasteiger partial charge in [-0.3, -0.25) is 0 Å². The van der Waals surface area contributed by atoms with Crippen molar-refractivity contribution in [2.45, 2.75) is 17.6 Å².